The Labute approximate surface area is 194 Å². The first-order valence-electron chi connectivity index (χ1n) is 10.8. The van der Waals surface area contributed by atoms with Crippen molar-refractivity contribution in [1.29, 1.82) is 0 Å². The Balaban J connectivity index is 1.68. The molecule has 2 N–H and O–H groups in total. The van der Waals surface area contributed by atoms with E-state index in [2.05, 4.69) is 15.3 Å². The normalized spacial score (nSPS) is 14.8. The number of anilines is 1. The highest BCUT2D eigenvalue weighted by atomic mass is 19.3. The van der Waals surface area contributed by atoms with Crippen LogP contribution in [0, 0.1) is 12.7 Å². The average Bonchev–Trinajstić information content (AvgIpc) is 3.57. The van der Waals surface area contributed by atoms with Gasteiger partial charge in [-0.2, -0.15) is 8.78 Å². The largest absolute Gasteiger partial charge is 0.493 e. The average molecular weight is 477 g/mol. The molecule has 7 nitrogen and oxygen atoms in total. The summed E-state index contributed by atoms with van der Waals surface area (Å²) in [5.74, 6) is -2.90. The van der Waals surface area contributed by atoms with E-state index in [1.807, 2.05) is 0 Å². The number of benzene rings is 2. The topological polar surface area (TPSA) is 85.7 Å². The maximum absolute atomic E-state index is 14.8. The Morgan fingerprint density at radius 3 is 2.56 bits per heavy atom. The monoisotopic (exact) mass is 477 g/mol. The van der Waals surface area contributed by atoms with Gasteiger partial charge in [0.1, 0.15) is 29.7 Å². The summed E-state index contributed by atoms with van der Waals surface area (Å²) in [6.07, 6.45) is 1.71. The zero-order chi connectivity index (χ0) is 24.5. The number of halogens is 3. The molecule has 182 valence electrons. The van der Waals surface area contributed by atoms with E-state index in [9.17, 15) is 13.2 Å². The third-order valence-corrected chi connectivity index (χ3v) is 5.75. The molecule has 1 heterocycles. The lowest BCUT2D eigenvalue weighted by Gasteiger charge is -2.20. The number of aliphatic hydroxyl groups excluding tert-OH is 1. The Bertz CT molecular complexity index is 1200. The van der Waals surface area contributed by atoms with Crippen LogP contribution in [-0.4, -0.2) is 48.1 Å². The van der Waals surface area contributed by atoms with Crippen molar-refractivity contribution in [2.45, 2.75) is 37.8 Å². The highest BCUT2D eigenvalue weighted by molar-refractivity contribution is 5.91. The van der Waals surface area contributed by atoms with E-state index < -0.39 is 29.5 Å². The molecule has 0 bridgehead atoms. The lowest BCUT2D eigenvalue weighted by atomic mass is 10.0. The van der Waals surface area contributed by atoms with Gasteiger partial charge in [0.05, 0.1) is 24.8 Å². The molecule has 1 aliphatic carbocycles. The minimum absolute atomic E-state index is 0.0112. The fourth-order valence-corrected chi connectivity index (χ4v) is 3.80. The molecule has 0 aliphatic heterocycles. The number of aliphatic hydroxyl groups is 1. The zero-order valence-electron chi connectivity index (χ0n) is 19.1. The molecule has 34 heavy (non-hydrogen) atoms. The van der Waals surface area contributed by atoms with E-state index in [4.69, 9.17) is 19.3 Å². The summed E-state index contributed by atoms with van der Waals surface area (Å²) in [7, 11) is 3.15. The van der Waals surface area contributed by atoms with Crippen LogP contribution in [0.2, 0.25) is 0 Å². The van der Waals surface area contributed by atoms with E-state index in [1.54, 1.807) is 26.2 Å². The van der Waals surface area contributed by atoms with Crippen LogP contribution in [-0.2, 0) is 17.2 Å². The summed E-state index contributed by atoms with van der Waals surface area (Å²) in [4.78, 5) is 8.88. The van der Waals surface area contributed by atoms with Gasteiger partial charge in [-0.05, 0) is 31.9 Å². The Kier molecular flexibility index (Phi) is 6.55. The second-order valence-corrected chi connectivity index (χ2v) is 8.35. The number of rotatable bonds is 10. The van der Waals surface area contributed by atoms with Gasteiger partial charge in [-0.15, -0.1) is 0 Å². The molecule has 0 unspecified atom stereocenters. The van der Waals surface area contributed by atoms with Crippen molar-refractivity contribution in [3.05, 3.63) is 53.1 Å². The van der Waals surface area contributed by atoms with Gasteiger partial charge in [0.2, 0.25) is 0 Å². The first-order valence-corrected chi connectivity index (χ1v) is 10.8. The molecular weight excluding hydrogens is 451 g/mol. The second-order valence-electron chi connectivity index (χ2n) is 8.35. The number of methoxy groups -OCH3 is 2. The minimum Gasteiger partial charge on any atom is -0.493 e. The van der Waals surface area contributed by atoms with Crippen molar-refractivity contribution in [2.75, 3.05) is 32.8 Å². The molecule has 0 saturated heterocycles. The van der Waals surface area contributed by atoms with Crippen LogP contribution in [0.15, 0.2) is 30.3 Å². The van der Waals surface area contributed by atoms with Gasteiger partial charge in [-0.1, -0.05) is 12.1 Å². The fourth-order valence-electron chi connectivity index (χ4n) is 3.80. The molecular formula is C24H26F3N3O4. The van der Waals surface area contributed by atoms with Crippen LogP contribution in [0.3, 0.4) is 0 Å². The molecule has 0 radical (unpaired) electrons. The molecule has 0 amide bonds. The first-order chi connectivity index (χ1) is 16.2. The number of aromatic nitrogens is 2. The van der Waals surface area contributed by atoms with Crippen molar-refractivity contribution in [3.8, 4) is 11.5 Å². The molecule has 0 atom stereocenters. The van der Waals surface area contributed by atoms with Crippen LogP contribution < -0.4 is 14.8 Å². The Morgan fingerprint density at radius 2 is 1.91 bits per heavy atom. The van der Waals surface area contributed by atoms with Crippen LogP contribution in [0.4, 0.5) is 19.0 Å². The summed E-state index contributed by atoms with van der Waals surface area (Å²) in [6, 6.07) is 7.16. The zero-order valence-corrected chi connectivity index (χ0v) is 19.1. The molecule has 1 saturated carbocycles. The van der Waals surface area contributed by atoms with Crippen molar-refractivity contribution in [3.63, 3.8) is 0 Å². The standard InChI is InChI=1S/C24H26F3N3O4/c1-14-29-18-10-19(33-3)20(34-23(7-8-23)13-32-2)9-16(18)22(30-14)28-11-15-5-4-6-17(21(15)25)24(26,27)12-31/h4-6,9-10,31H,7-8,11-13H2,1-3H3,(H,28,29,30). The number of nitrogens with zero attached hydrogens (tertiary/aromatic N) is 2. The molecule has 3 aromatic rings. The van der Waals surface area contributed by atoms with Crippen LogP contribution in [0.1, 0.15) is 29.8 Å². The van der Waals surface area contributed by atoms with Gasteiger partial charge in [-0.25, -0.2) is 14.4 Å². The summed E-state index contributed by atoms with van der Waals surface area (Å²) in [6.45, 7) is 0.564. The number of fused-ring (bicyclic) bond motifs is 1. The summed E-state index contributed by atoms with van der Waals surface area (Å²) < 4.78 is 59.5. The predicted octanol–water partition coefficient (Wildman–Crippen LogP) is 4.34. The van der Waals surface area contributed by atoms with Crippen LogP contribution in [0.25, 0.3) is 10.9 Å². The van der Waals surface area contributed by atoms with E-state index >= 15 is 0 Å². The summed E-state index contributed by atoms with van der Waals surface area (Å²) in [5.41, 5.74) is -0.670. The molecule has 2 aromatic carbocycles. The third-order valence-electron chi connectivity index (χ3n) is 5.75. The van der Waals surface area contributed by atoms with E-state index in [1.165, 1.54) is 19.2 Å². The van der Waals surface area contributed by atoms with Crippen molar-refractivity contribution < 1.29 is 32.5 Å². The molecule has 1 fully saturated rings. The van der Waals surface area contributed by atoms with Gasteiger partial charge in [0.25, 0.3) is 5.92 Å². The minimum atomic E-state index is -3.68. The number of hydrogen-bond acceptors (Lipinski definition) is 7. The maximum atomic E-state index is 14.8. The SMILES string of the molecule is COCC1(Oc2cc3c(NCc4cccc(C(F)(F)CO)c4F)nc(C)nc3cc2OC)CC1. The quantitative estimate of drug-likeness (QED) is 0.449. The molecule has 4 rings (SSSR count). The van der Waals surface area contributed by atoms with E-state index in [0.717, 1.165) is 18.9 Å². The van der Waals surface area contributed by atoms with Crippen molar-refractivity contribution in [1.82, 2.24) is 9.97 Å². The maximum Gasteiger partial charge on any atom is 0.298 e. The summed E-state index contributed by atoms with van der Waals surface area (Å²) >= 11 is 0. The first kappa shape index (κ1) is 24.0. The highest BCUT2D eigenvalue weighted by Crippen LogP contribution is 2.44. The van der Waals surface area contributed by atoms with Crippen molar-refractivity contribution >= 4 is 16.7 Å². The van der Waals surface area contributed by atoms with Gasteiger partial charge in [-0.3, -0.25) is 0 Å². The Hall–Kier alpha value is -3.11. The Morgan fingerprint density at radius 1 is 1.15 bits per heavy atom. The summed E-state index contributed by atoms with van der Waals surface area (Å²) in [5, 5.41) is 12.6. The number of nitrogens with one attached hydrogen (secondary N) is 1. The van der Waals surface area contributed by atoms with E-state index in [0.29, 0.717) is 40.7 Å². The van der Waals surface area contributed by atoms with Crippen LogP contribution in [0.5, 0.6) is 11.5 Å². The molecule has 0 spiro atoms. The molecule has 10 heteroatoms. The fraction of sp³-hybridized carbons (Fsp3) is 0.417. The predicted molar refractivity (Wildman–Crippen MR) is 120 cm³/mol. The lowest BCUT2D eigenvalue weighted by Crippen LogP contribution is -2.24. The lowest BCUT2D eigenvalue weighted by molar-refractivity contribution is -0.0583. The number of ether oxygens (including phenoxy) is 3. The van der Waals surface area contributed by atoms with Crippen molar-refractivity contribution in [2.24, 2.45) is 0 Å². The molecule has 1 aliphatic rings. The number of aryl methyl sites for hydroxylation is 1. The third kappa shape index (κ3) is 4.74. The van der Waals surface area contributed by atoms with Gasteiger partial charge >= 0.3 is 0 Å². The van der Waals surface area contributed by atoms with Crippen LogP contribution >= 0.6 is 0 Å². The van der Waals surface area contributed by atoms with Gasteiger partial charge < -0.3 is 24.6 Å². The van der Waals surface area contributed by atoms with Gasteiger partial charge in [0.15, 0.2) is 11.5 Å². The number of alkyl halides is 2. The number of hydrogen-bond donors (Lipinski definition) is 2. The van der Waals surface area contributed by atoms with E-state index in [-0.39, 0.29) is 12.1 Å². The highest BCUT2D eigenvalue weighted by Gasteiger charge is 2.46. The second kappa shape index (κ2) is 9.27. The van der Waals surface area contributed by atoms with Gasteiger partial charge in [0, 0.05) is 30.7 Å². The smallest absolute Gasteiger partial charge is 0.298 e. The molecule has 1 aromatic heterocycles.